The Balaban J connectivity index is 2.06. The number of benzene rings is 2. The Kier molecular flexibility index (Phi) is 6.45. The number of non-ortho nitro benzene ring substituents is 1. The van der Waals surface area contributed by atoms with Gasteiger partial charge in [-0.25, -0.2) is 5.43 Å². The number of phenols is 1. The molecule has 0 radical (unpaired) electrons. The molecule has 2 N–H and O–H groups in total. The van der Waals surface area contributed by atoms with E-state index in [0.29, 0.717) is 16.8 Å². The van der Waals surface area contributed by atoms with Crippen LogP contribution in [0.2, 0.25) is 5.02 Å². The van der Waals surface area contributed by atoms with Gasteiger partial charge in [-0.3, -0.25) is 25.0 Å². The van der Waals surface area contributed by atoms with Crippen LogP contribution in [-0.2, 0) is 4.79 Å². The standard InChI is InChI=1S/C16H13ClN4O7/c1-9-4-11(17)2-3-14(9)28-8-15(22)19-18-7-10-5-12(20(24)25)6-13(16(10)23)21(26)27/h2-7,23H,8H2,1H3,(H,19,22). The van der Waals surface area contributed by atoms with Crippen molar-refractivity contribution >= 4 is 35.1 Å². The second-order valence-electron chi connectivity index (χ2n) is 5.41. The van der Waals surface area contributed by atoms with Crippen LogP contribution >= 0.6 is 11.6 Å². The third kappa shape index (κ3) is 5.14. The van der Waals surface area contributed by atoms with Gasteiger partial charge in [0, 0.05) is 11.1 Å². The summed E-state index contributed by atoms with van der Waals surface area (Å²) in [6.45, 7) is 1.36. The van der Waals surface area contributed by atoms with Crippen LogP contribution in [0.3, 0.4) is 0 Å². The molecule has 28 heavy (non-hydrogen) atoms. The average Bonchev–Trinajstić information content (AvgIpc) is 2.61. The molecule has 146 valence electrons. The molecule has 0 aliphatic heterocycles. The molecule has 0 unspecified atom stereocenters. The summed E-state index contributed by atoms with van der Waals surface area (Å²) >= 11 is 5.82. The van der Waals surface area contributed by atoms with Crippen molar-refractivity contribution in [3.05, 3.63) is 66.7 Å². The fraction of sp³-hybridized carbons (Fsp3) is 0.125. The molecule has 0 atom stereocenters. The fourth-order valence-electron chi connectivity index (χ4n) is 2.09. The van der Waals surface area contributed by atoms with Gasteiger partial charge in [-0.05, 0) is 30.7 Å². The van der Waals surface area contributed by atoms with Crippen molar-refractivity contribution in [3.63, 3.8) is 0 Å². The monoisotopic (exact) mass is 408 g/mol. The van der Waals surface area contributed by atoms with Crippen molar-refractivity contribution in [1.82, 2.24) is 5.43 Å². The number of amides is 1. The Morgan fingerprint density at radius 3 is 2.61 bits per heavy atom. The number of halogens is 1. The van der Waals surface area contributed by atoms with Gasteiger partial charge in [0.1, 0.15) is 5.75 Å². The maximum Gasteiger partial charge on any atom is 0.318 e. The summed E-state index contributed by atoms with van der Waals surface area (Å²) in [4.78, 5) is 31.7. The Morgan fingerprint density at radius 1 is 1.29 bits per heavy atom. The van der Waals surface area contributed by atoms with Crippen molar-refractivity contribution < 1.29 is 24.5 Å². The lowest BCUT2D eigenvalue weighted by molar-refractivity contribution is -0.394. The number of nitro groups is 2. The number of nitro benzene ring substituents is 2. The number of phenolic OH excluding ortho intramolecular Hbond substituents is 1. The predicted octanol–water partition coefficient (Wildman–Crippen LogP) is 2.70. The quantitative estimate of drug-likeness (QED) is 0.405. The van der Waals surface area contributed by atoms with E-state index in [4.69, 9.17) is 16.3 Å². The number of aromatic hydroxyl groups is 1. The molecule has 0 heterocycles. The molecule has 2 aromatic rings. The lowest BCUT2D eigenvalue weighted by atomic mass is 10.1. The Bertz CT molecular complexity index is 978. The molecule has 2 aromatic carbocycles. The van der Waals surface area contributed by atoms with Gasteiger partial charge in [0.15, 0.2) is 6.61 Å². The molecule has 0 bridgehead atoms. The van der Waals surface area contributed by atoms with Crippen molar-refractivity contribution in [2.24, 2.45) is 5.10 Å². The average molecular weight is 409 g/mol. The summed E-state index contributed by atoms with van der Waals surface area (Å²) in [6, 6.07) is 6.34. The largest absolute Gasteiger partial charge is 0.502 e. The van der Waals surface area contributed by atoms with E-state index in [1.807, 2.05) is 0 Å². The third-order valence-electron chi connectivity index (χ3n) is 3.40. The van der Waals surface area contributed by atoms with Crippen LogP contribution in [0, 0.1) is 27.2 Å². The number of carbonyl (C=O) groups is 1. The summed E-state index contributed by atoms with van der Waals surface area (Å²) in [6.07, 6.45) is 0.848. The fourth-order valence-corrected chi connectivity index (χ4v) is 2.32. The highest BCUT2D eigenvalue weighted by molar-refractivity contribution is 6.30. The summed E-state index contributed by atoms with van der Waals surface area (Å²) < 4.78 is 5.31. The number of carbonyl (C=O) groups excluding carboxylic acids is 1. The zero-order valence-corrected chi connectivity index (χ0v) is 15.0. The highest BCUT2D eigenvalue weighted by Crippen LogP contribution is 2.33. The Labute approximate surface area is 162 Å². The first-order valence-corrected chi connectivity index (χ1v) is 7.93. The minimum atomic E-state index is -0.972. The number of rotatable bonds is 7. The number of aryl methyl sites for hydroxylation is 1. The molecule has 1 amide bonds. The highest BCUT2D eigenvalue weighted by atomic mass is 35.5. The minimum absolute atomic E-state index is 0.310. The lowest BCUT2D eigenvalue weighted by Crippen LogP contribution is -2.24. The normalized spacial score (nSPS) is 10.6. The molecule has 0 saturated carbocycles. The van der Waals surface area contributed by atoms with Crippen molar-refractivity contribution in [1.29, 1.82) is 0 Å². The minimum Gasteiger partial charge on any atom is -0.502 e. The van der Waals surface area contributed by atoms with Crippen molar-refractivity contribution in [3.8, 4) is 11.5 Å². The van der Waals surface area contributed by atoms with Gasteiger partial charge in [0.25, 0.3) is 11.6 Å². The third-order valence-corrected chi connectivity index (χ3v) is 3.64. The van der Waals surface area contributed by atoms with Gasteiger partial charge < -0.3 is 9.84 Å². The SMILES string of the molecule is Cc1cc(Cl)ccc1OCC(=O)NN=Cc1cc([N+](=O)[O-])cc([N+](=O)[O-])c1O. The lowest BCUT2D eigenvalue weighted by Gasteiger charge is -2.08. The van der Waals surface area contributed by atoms with E-state index in [0.717, 1.165) is 17.8 Å². The molecule has 0 aliphatic rings. The van der Waals surface area contributed by atoms with Gasteiger partial charge in [0.05, 0.1) is 27.7 Å². The number of hydrazone groups is 1. The topological polar surface area (TPSA) is 157 Å². The molecule has 11 nitrogen and oxygen atoms in total. The first-order valence-electron chi connectivity index (χ1n) is 7.55. The summed E-state index contributed by atoms with van der Waals surface area (Å²) in [5.41, 5.74) is 1.03. The molecule has 12 heteroatoms. The maximum absolute atomic E-state index is 11.8. The van der Waals surface area contributed by atoms with Crippen LogP contribution in [-0.4, -0.2) is 33.7 Å². The van der Waals surface area contributed by atoms with E-state index in [1.54, 1.807) is 25.1 Å². The van der Waals surface area contributed by atoms with Gasteiger partial charge in [-0.15, -0.1) is 0 Å². The first-order chi connectivity index (χ1) is 13.2. The van der Waals surface area contributed by atoms with Crippen LogP contribution in [0.15, 0.2) is 35.4 Å². The van der Waals surface area contributed by atoms with Crippen LogP contribution < -0.4 is 10.2 Å². The van der Waals surface area contributed by atoms with Gasteiger partial charge >= 0.3 is 5.69 Å². The van der Waals surface area contributed by atoms with Crippen LogP contribution in [0.1, 0.15) is 11.1 Å². The van der Waals surface area contributed by atoms with E-state index in [2.05, 4.69) is 10.5 Å². The smallest absolute Gasteiger partial charge is 0.318 e. The number of ether oxygens (including phenoxy) is 1. The second kappa shape index (κ2) is 8.77. The van der Waals surface area contributed by atoms with Crippen molar-refractivity contribution in [2.45, 2.75) is 6.92 Å². The molecule has 2 rings (SSSR count). The number of hydrogen-bond acceptors (Lipinski definition) is 8. The second-order valence-corrected chi connectivity index (χ2v) is 5.85. The van der Waals surface area contributed by atoms with E-state index >= 15 is 0 Å². The zero-order valence-electron chi connectivity index (χ0n) is 14.3. The molecule has 0 aliphatic carbocycles. The zero-order chi connectivity index (χ0) is 20.8. The van der Waals surface area contributed by atoms with E-state index in [9.17, 15) is 30.1 Å². The van der Waals surface area contributed by atoms with Crippen LogP contribution in [0.5, 0.6) is 11.5 Å². The van der Waals surface area contributed by atoms with E-state index < -0.39 is 32.9 Å². The van der Waals surface area contributed by atoms with E-state index in [1.165, 1.54) is 0 Å². The van der Waals surface area contributed by atoms with Gasteiger partial charge in [-0.1, -0.05) is 11.6 Å². The molecule has 0 spiro atoms. The summed E-state index contributed by atoms with van der Waals surface area (Å²) in [7, 11) is 0. The molecular formula is C16H13ClN4O7. The molecule has 0 saturated heterocycles. The number of nitrogens with one attached hydrogen (secondary N) is 1. The first kappa shape index (κ1) is 20.6. The predicted molar refractivity (Wildman–Crippen MR) is 98.8 cm³/mol. The Morgan fingerprint density at radius 2 is 2.00 bits per heavy atom. The molecular weight excluding hydrogens is 396 g/mol. The van der Waals surface area contributed by atoms with Gasteiger partial charge in [0.2, 0.25) is 5.75 Å². The number of hydrogen-bond donors (Lipinski definition) is 2. The van der Waals surface area contributed by atoms with Crippen molar-refractivity contribution in [2.75, 3.05) is 6.61 Å². The van der Waals surface area contributed by atoms with Gasteiger partial charge in [-0.2, -0.15) is 5.10 Å². The number of nitrogens with zero attached hydrogens (tertiary/aromatic N) is 3. The maximum atomic E-state index is 11.8. The van der Waals surface area contributed by atoms with Crippen LogP contribution in [0.4, 0.5) is 11.4 Å². The van der Waals surface area contributed by atoms with Crippen LogP contribution in [0.25, 0.3) is 0 Å². The highest BCUT2D eigenvalue weighted by Gasteiger charge is 2.23. The summed E-state index contributed by atoms with van der Waals surface area (Å²) in [5, 5.41) is 35.6. The molecule has 0 aromatic heterocycles. The Hall–Kier alpha value is -3.73. The summed E-state index contributed by atoms with van der Waals surface area (Å²) in [5.74, 6) is -1.04. The molecule has 0 fully saturated rings. The van der Waals surface area contributed by atoms with E-state index in [-0.39, 0.29) is 12.2 Å².